The van der Waals surface area contributed by atoms with Crippen molar-refractivity contribution in [1.82, 2.24) is 15.3 Å². The molecule has 1 aromatic rings. The van der Waals surface area contributed by atoms with Gasteiger partial charge in [-0.25, -0.2) is 9.97 Å². The topological polar surface area (TPSA) is 66.9 Å². The zero-order chi connectivity index (χ0) is 11.4. The Hall–Kier alpha value is -1.91. The monoisotopic (exact) mass is 218 g/mol. The summed E-state index contributed by atoms with van der Waals surface area (Å²) in [5.41, 5.74) is 0.461. The molecule has 0 radical (unpaired) electrons. The molecular formula is C11H14N4O. The summed E-state index contributed by atoms with van der Waals surface area (Å²) < 4.78 is 0. The lowest BCUT2D eigenvalue weighted by molar-refractivity contribution is 0.0957. The van der Waals surface area contributed by atoms with E-state index < -0.39 is 0 Å². The van der Waals surface area contributed by atoms with Crippen LogP contribution in [0.5, 0.6) is 0 Å². The number of carbonyl (C=O) groups excluding carboxylic acids is 1. The van der Waals surface area contributed by atoms with Gasteiger partial charge in [0, 0.05) is 25.0 Å². The molecule has 16 heavy (non-hydrogen) atoms. The number of rotatable bonds is 5. The van der Waals surface area contributed by atoms with E-state index in [1.54, 1.807) is 6.08 Å². The minimum absolute atomic E-state index is 0.183. The summed E-state index contributed by atoms with van der Waals surface area (Å²) in [5.74, 6) is 0.403. The van der Waals surface area contributed by atoms with Crippen LogP contribution in [0.25, 0.3) is 0 Å². The molecule has 0 saturated heterocycles. The predicted octanol–water partition coefficient (Wildman–Crippen LogP) is 0.967. The van der Waals surface area contributed by atoms with Crippen molar-refractivity contribution in [3.8, 4) is 0 Å². The van der Waals surface area contributed by atoms with Gasteiger partial charge in [0.05, 0.1) is 5.56 Å². The molecule has 1 aromatic heterocycles. The summed E-state index contributed by atoms with van der Waals surface area (Å²) >= 11 is 0. The number of carbonyl (C=O) groups is 1. The minimum atomic E-state index is -0.183. The Kier molecular flexibility index (Phi) is 3.14. The van der Waals surface area contributed by atoms with E-state index in [-0.39, 0.29) is 5.91 Å². The van der Waals surface area contributed by atoms with Gasteiger partial charge < -0.3 is 10.6 Å². The molecule has 0 bridgehead atoms. The first kappa shape index (κ1) is 10.6. The second-order valence-corrected chi connectivity index (χ2v) is 3.71. The molecule has 0 atom stereocenters. The molecule has 1 heterocycles. The number of anilines is 1. The third-order valence-electron chi connectivity index (χ3n) is 2.23. The molecule has 2 rings (SSSR count). The van der Waals surface area contributed by atoms with Crippen LogP contribution in [0.4, 0.5) is 5.95 Å². The Morgan fingerprint density at radius 1 is 1.50 bits per heavy atom. The van der Waals surface area contributed by atoms with Crippen molar-refractivity contribution < 1.29 is 4.79 Å². The molecule has 1 aliphatic carbocycles. The van der Waals surface area contributed by atoms with Crippen molar-refractivity contribution in [1.29, 1.82) is 0 Å². The fraction of sp³-hybridized carbons (Fsp3) is 0.364. The van der Waals surface area contributed by atoms with E-state index >= 15 is 0 Å². The van der Waals surface area contributed by atoms with Crippen molar-refractivity contribution >= 4 is 11.9 Å². The lowest BCUT2D eigenvalue weighted by Gasteiger charge is -2.04. The Balaban J connectivity index is 1.94. The molecule has 84 valence electrons. The summed E-state index contributed by atoms with van der Waals surface area (Å²) in [6, 6.07) is 0.514. The maximum atomic E-state index is 11.5. The van der Waals surface area contributed by atoms with Gasteiger partial charge in [-0.15, -0.1) is 6.58 Å². The van der Waals surface area contributed by atoms with E-state index in [4.69, 9.17) is 0 Å². The van der Waals surface area contributed by atoms with Crippen LogP contribution in [0.1, 0.15) is 23.2 Å². The van der Waals surface area contributed by atoms with E-state index in [0.29, 0.717) is 24.1 Å². The molecule has 0 aliphatic heterocycles. The van der Waals surface area contributed by atoms with Gasteiger partial charge in [-0.2, -0.15) is 0 Å². The maximum Gasteiger partial charge on any atom is 0.254 e. The number of hydrogen-bond donors (Lipinski definition) is 2. The molecule has 0 unspecified atom stereocenters. The SMILES string of the molecule is C=CCNC(=O)c1cnc(NC2CC2)nc1. The molecule has 1 fully saturated rings. The number of nitrogens with zero attached hydrogens (tertiary/aromatic N) is 2. The van der Waals surface area contributed by atoms with E-state index in [0.717, 1.165) is 0 Å². The standard InChI is InChI=1S/C11H14N4O/c1-2-5-12-10(16)8-6-13-11(14-7-8)15-9-3-4-9/h2,6-7,9H,1,3-5H2,(H,12,16)(H,13,14,15). The largest absolute Gasteiger partial charge is 0.351 e. The molecule has 2 N–H and O–H groups in total. The second-order valence-electron chi connectivity index (χ2n) is 3.71. The quantitative estimate of drug-likeness (QED) is 0.722. The fourth-order valence-corrected chi connectivity index (χ4v) is 1.20. The van der Waals surface area contributed by atoms with Crippen LogP contribution in [-0.4, -0.2) is 28.5 Å². The second kappa shape index (κ2) is 4.74. The predicted molar refractivity (Wildman–Crippen MR) is 61.2 cm³/mol. The van der Waals surface area contributed by atoms with Crippen LogP contribution in [0.15, 0.2) is 25.0 Å². The summed E-state index contributed by atoms with van der Waals surface area (Å²) in [5, 5.41) is 5.82. The number of nitrogens with one attached hydrogen (secondary N) is 2. The Labute approximate surface area is 94.0 Å². The van der Waals surface area contributed by atoms with E-state index in [9.17, 15) is 4.79 Å². The van der Waals surface area contributed by atoms with Gasteiger partial charge in [-0.3, -0.25) is 4.79 Å². The molecule has 0 aromatic carbocycles. The van der Waals surface area contributed by atoms with Crippen LogP contribution in [-0.2, 0) is 0 Å². The maximum absolute atomic E-state index is 11.5. The molecule has 0 spiro atoms. The van der Waals surface area contributed by atoms with Crippen molar-refractivity contribution in [3.63, 3.8) is 0 Å². The molecule has 5 heteroatoms. The fourth-order valence-electron chi connectivity index (χ4n) is 1.20. The molecule has 1 amide bonds. The van der Waals surface area contributed by atoms with Crippen LogP contribution in [0.3, 0.4) is 0 Å². The first-order valence-corrected chi connectivity index (χ1v) is 5.27. The van der Waals surface area contributed by atoms with Gasteiger partial charge >= 0.3 is 0 Å². The normalized spacial score (nSPS) is 14.2. The van der Waals surface area contributed by atoms with Crippen molar-refractivity contribution in [2.75, 3.05) is 11.9 Å². The smallest absolute Gasteiger partial charge is 0.254 e. The van der Waals surface area contributed by atoms with Crippen molar-refractivity contribution in [2.45, 2.75) is 18.9 Å². The van der Waals surface area contributed by atoms with Crippen LogP contribution in [0.2, 0.25) is 0 Å². The Morgan fingerprint density at radius 3 is 2.75 bits per heavy atom. The van der Waals surface area contributed by atoms with Crippen molar-refractivity contribution in [3.05, 3.63) is 30.6 Å². The van der Waals surface area contributed by atoms with E-state index in [2.05, 4.69) is 27.2 Å². The van der Waals surface area contributed by atoms with Crippen LogP contribution < -0.4 is 10.6 Å². The molecule has 5 nitrogen and oxygen atoms in total. The third kappa shape index (κ3) is 2.79. The summed E-state index contributed by atoms with van der Waals surface area (Å²) in [6.07, 6.45) is 7.02. The lowest BCUT2D eigenvalue weighted by atomic mass is 10.3. The first-order chi connectivity index (χ1) is 7.79. The average molecular weight is 218 g/mol. The Morgan fingerprint density at radius 2 is 2.19 bits per heavy atom. The van der Waals surface area contributed by atoms with Gasteiger partial charge in [0.15, 0.2) is 0 Å². The van der Waals surface area contributed by atoms with Crippen molar-refractivity contribution in [2.24, 2.45) is 0 Å². The van der Waals surface area contributed by atoms with Gasteiger partial charge in [-0.1, -0.05) is 6.08 Å². The lowest BCUT2D eigenvalue weighted by Crippen LogP contribution is -2.23. The van der Waals surface area contributed by atoms with Gasteiger partial charge in [-0.05, 0) is 12.8 Å². The highest BCUT2D eigenvalue weighted by Crippen LogP contribution is 2.22. The summed E-state index contributed by atoms with van der Waals surface area (Å²) in [7, 11) is 0. The number of amides is 1. The molecular weight excluding hydrogens is 204 g/mol. The number of hydrogen-bond acceptors (Lipinski definition) is 4. The highest BCUT2D eigenvalue weighted by Gasteiger charge is 2.21. The van der Waals surface area contributed by atoms with E-state index in [1.165, 1.54) is 25.2 Å². The highest BCUT2D eigenvalue weighted by atomic mass is 16.1. The first-order valence-electron chi connectivity index (χ1n) is 5.27. The minimum Gasteiger partial charge on any atom is -0.351 e. The average Bonchev–Trinajstić information content (AvgIpc) is 3.11. The van der Waals surface area contributed by atoms with Crippen LogP contribution in [0, 0.1) is 0 Å². The van der Waals surface area contributed by atoms with Gasteiger partial charge in [0.25, 0.3) is 5.91 Å². The third-order valence-corrected chi connectivity index (χ3v) is 2.23. The molecule has 1 saturated carbocycles. The Bertz CT molecular complexity index is 383. The summed E-state index contributed by atoms with van der Waals surface area (Å²) in [4.78, 5) is 19.6. The number of aromatic nitrogens is 2. The zero-order valence-electron chi connectivity index (χ0n) is 8.94. The van der Waals surface area contributed by atoms with Gasteiger partial charge in [0.1, 0.15) is 0 Å². The highest BCUT2D eigenvalue weighted by molar-refractivity contribution is 5.93. The van der Waals surface area contributed by atoms with Crippen LogP contribution >= 0.6 is 0 Å². The summed E-state index contributed by atoms with van der Waals surface area (Å²) in [6.45, 7) is 3.97. The van der Waals surface area contributed by atoms with Gasteiger partial charge in [0.2, 0.25) is 5.95 Å². The zero-order valence-corrected chi connectivity index (χ0v) is 8.94. The van der Waals surface area contributed by atoms with E-state index in [1.807, 2.05) is 0 Å². The molecule has 1 aliphatic rings.